The van der Waals surface area contributed by atoms with Gasteiger partial charge in [-0.1, -0.05) is 19.6 Å². The monoisotopic (exact) mass is 262 g/mol. The molecule has 3 nitrogen and oxygen atoms in total. The second-order valence-corrected chi connectivity index (χ2v) is 11.2. The van der Waals surface area contributed by atoms with Gasteiger partial charge in [0, 0.05) is 11.4 Å². The van der Waals surface area contributed by atoms with Crippen molar-refractivity contribution in [3.05, 3.63) is 35.6 Å². The standard InChI is InChI=1S/C14H18O3Si/c1-16-14(15)10-5-6-13-11(7-10)8-12(17-13)9-18(2,3)4/h5-8H,9H2,1-4H3. The number of carbonyl (C=O) groups is 1. The van der Waals surface area contributed by atoms with Crippen molar-refractivity contribution in [1.82, 2.24) is 0 Å². The Morgan fingerprint density at radius 1 is 1.28 bits per heavy atom. The van der Waals surface area contributed by atoms with E-state index >= 15 is 0 Å². The van der Waals surface area contributed by atoms with Crippen molar-refractivity contribution >= 4 is 25.0 Å². The van der Waals surface area contributed by atoms with Gasteiger partial charge in [0.15, 0.2) is 0 Å². The van der Waals surface area contributed by atoms with Crippen LogP contribution >= 0.6 is 0 Å². The highest BCUT2D eigenvalue weighted by atomic mass is 28.3. The average molecular weight is 262 g/mol. The molecule has 0 amide bonds. The maximum atomic E-state index is 11.4. The number of hydrogen-bond acceptors (Lipinski definition) is 3. The number of furan rings is 1. The van der Waals surface area contributed by atoms with Gasteiger partial charge in [0.25, 0.3) is 0 Å². The number of fused-ring (bicyclic) bond motifs is 1. The summed E-state index contributed by atoms with van der Waals surface area (Å²) < 4.78 is 10.5. The lowest BCUT2D eigenvalue weighted by Crippen LogP contribution is -2.23. The lowest BCUT2D eigenvalue weighted by atomic mass is 10.1. The molecule has 2 rings (SSSR count). The van der Waals surface area contributed by atoms with Gasteiger partial charge in [-0.25, -0.2) is 4.79 Å². The van der Waals surface area contributed by atoms with Crippen LogP contribution < -0.4 is 0 Å². The first kappa shape index (κ1) is 12.9. The topological polar surface area (TPSA) is 39.4 Å². The molecular weight excluding hydrogens is 244 g/mol. The Kier molecular flexibility index (Phi) is 3.30. The zero-order chi connectivity index (χ0) is 13.3. The SMILES string of the molecule is COC(=O)c1ccc2oc(C[Si](C)(C)C)cc2c1. The fourth-order valence-electron chi connectivity index (χ4n) is 1.95. The van der Waals surface area contributed by atoms with E-state index in [0.29, 0.717) is 5.56 Å². The summed E-state index contributed by atoms with van der Waals surface area (Å²) in [4.78, 5) is 11.4. The molecule has 0 N–H and O–H groups in total. The molecule has 0 aliphatic carbocycles. The largest absolute Gasteiger partial charge is 0.465 e. The van der Waals surface area contributed by atoms with E-state index in [2.05, 4.69) is 19.6 Å². The van der Waals surface area contributed by atoms with E-state index in [1.807, 2.05) is 18.2 Å². The first-order chi connectivity index (χ1) is 8.39. The highest BCUT2D eigenvalue weighted by Gasteiger charge is 2.17. The molecule has 0 bridgehead atoms. The molecule has 0 aliphatic heterocycles. The van der Waals surface area contributed by atoms with Crippen LogP contribution in [0.1, 0.15) is 16.1 Å². The van der Waals surface area contributed by atoms with Crippen LogP contribution in [0.2, 0.25) is 19.6 Å². The van der Waals surface area contributed by atoms with Crippen LogP contribution in [-0.4, -0.2) is 21.2 Å². The van der Waals surface area contributed by atoms with Gasteiger partial charge in [-0.2, -0.15) is 0 Å². The van der Waals surface area contributed by atoms with Crippen molar-refractivity contribution in [1.29, 1.82) is 0 Å². The molecule has 0 aliphatic rings. The number of carbonyl (C=O) groups excluding carboxylic acids is 1. The number of esters is 1. The van der Waals surface area contributed by atoms with Gasteiger partial charge in [-0.05, 0) is 24.3 Å². The molecule has 0 spiro atoms. The van der Waals surface area contributed by atoms with Gasteiger partial charge >= 0.3 is 5.97 Å². The Morgan fingerprint density at radius 3 is 2.61 bits per heavy atom. The van der Waals surface area contributed by atoms with Gasteiger partial charge in [0.05, 0.1) is 20.7 Å². The molecule has 0 saturated heterocycles. The smallest absolute Gasteiger partial charge is 0.337 e. The maximum absolute atomic E-state index is 11.4. The highest BCUT2D eigenvalue weighted by Crippen LogP contribution is 2.23. The Balaban J connectivity index is 2.37. The fraction of sp³-hybridized carbons (Fsp3) is 0.357. The molecule has 0 saturated carbocycles. The summed E-state index contributed by atoms with van der Waals surface area (Å²) in [7, 11) is 0.199. The zero-order valence-corrected chi connectivity index (χ0v) is 12.2. The van der Waals surface area contributed by atoms with Crippen LogP contribution in [0, 0.1) is 0 Å². The highest BCUT2D eigenvalue weighted by molar-refractivity contribution is 6.75. The van der Waals surface area contributed by atoms with Gasteiger partial charge in [0.1, 0.15) is 11.3 Å². The fourth-order valence-corrected chi connectivity index (χ4v) is 3.17. The van der Waals surface area contributed by atoms with Gasteiger partial charge in [-0.3, -0.25) is 0 Å². The summed E-state index contributed by atoms with van der Waals surface area (Å²) in [5.41, 5.74) is 1.39. The second-order valence-electron chi connectivity index (χ2n) is 5.69. The van der Waals surface area contributed by atoms with Crippen molar-refractivity contribution < 1.29 is 13.9 Å². The zero-order valence-electron chi connectivity index (χ0n) is 11.2. The predicted octanol–water partition coefficient (Wildman–Crippen LogP) is 3.64. The average Bonchev–Trinajstić information content (AvgIpc) is 2.66. The molecule has 96 valence electrons. The first-order valence-electron chi connectivity index (χ1n) is 6.00. The third-order valence-electron chi connectivity index (χ3n) is 2.69. The Morgan fingerprint density at radius 2 is 2.00 bits per heavy atom. The van der Waals surface area contributed by atoms with E-state index in [9.17, 15) is 4.79 Å². The van der Waals surface area contributed by atoms with Gasteiger partial charge < -0.3 is 9.15 Å². The Hall–Kier alpha value is -1.55. The Labute approximate surface area is 108 Å². The van der Waals surface area contributed by atoms with E-state index in [0.717, 1.165) is 22.8 Å². The predicted molar refractivity (Wildman–Crippen MR) is 74.6 cm³/mol. The molecule has 18 heavy (non-hydrogen) atoms. The lowest BCUT2D eigenvalue weighted by Gasteiger charge is -2.12. The number of ether oxygens (including phenoxy) is 1. The maximum Gasteiger partial charge on any atom is 0.337 e. The molecule has 0 fully saturated rings. The van der Waals surface area contributed by atoms with Crippen LogP contribution in [0.15, 0.2) is 28.7 Å². The minimum Gasteiger partial charge on any atom is -0.465 e. The quantitative estimate of drug-likeness (QED) is 0.626. The molecule has 2 aromatic rings. The van der Waals surface area contributed by atoms with E-state index in [-0.39, 0.29) is 5.97 Å². The second kappa shape index (κ2) is 4.61. The number of benzene rings is 1. The van der Waals surface area contributed by atoms with Crippen LogP contribution in [0.4, 0.5) is 0 Å². The van der Waals surface area contributed by atoms with Crippen molar-refractivity contribution in [3.63, 3.8) is 0 Å². The minimum absolute atomic E-state index is 0.315. The van der Waals surface area contributed by atoms with E-state index in [4.69, 9.17) is 9.15 Å². The van der Waals surface area contributed by atoms with Crippen molar-refractivity contribution in [3.8, 4) is 0 Å². The van der Waals surface area contributed by atoms with E-state index in [1.54, 1.807) is 6.07 Å². The molecule has 1 aromatic heterocycles. The van der Waals surface area contributed by atoms with Gasteiger partial charge in [-0.15, -0.1) is 0 Å². The summed E-state index contributed by atoms with van der Waals surface area (Å²) in [6.45, 7) is 6.92. The van der Waals surface area contributed by atoms with Crippen LogP contribution in [-0.2, 0) is 10.8 Å². The number of hydrogen-bond donors (Lipinski definition) is 0. The van der Waals surface area contributed by atoms with Crippen molar-refractivity contribution in [2.75, 3.05) is 7.11 Å². The number of methoxy groups -OCH3 is 1. The van der Waals surface area contributed by atoms with Crippen LogP contribution in [0.5, 0.6) is 0 Å². The van der Waals surface area contributed by atoms with Crippen LogP contribution in [0.3, 0.4) is 0 Å². The minimum atomic E-state index is -1.19. The number of rotatable bonds is 3. The summed E-state index contributed by atoms with van der Waals surface area (Å²) in [6, 6.07) is 8.42. The van der Waals surface area contributed by atoms with Crippen molar-refractivity contribution in [2.45, 2.75) is 25.7 Å². The molecular formula is C14H18O3Si. The molecule has 0 unspecified atom stereocenters. The van der Waals surface area contributed by atoms with E-state index in [1.165, 1.54) is 7.11 Å². The summed E-state index contributed by atoms with van der Waals surface area (Å²) in [5.74, 6) is 0.691. The Bertz CT molecular complexity index is 578. The lowest BCUT2D eigenvalue weighted by molar-refractivity contribution is 0.0601. The third-order valence-corrected chi connectivity index (χ3v) is 4.10. The van der Waals surface area contributed by atoms with Crippen molar-refractivity contribution in [2.24, 2.45) is 0 Å². The molecule has 1 heterocycles. The summed E-state index contributed by atoms with van der Waals surface area (Å²) in [6.07, 6.45) is 0. The normalized spacial score (nSPS) is 11.8. The molecule has 4 heteroatoms. The molecule has 0 radical (unpaired) electrons. The van der Waals surface area contributed by atoms with Crippen LogP contribution in [0.25, 0.3) is 11.0 Å². The molecule has 0 atom stereocenters. The first-order valence-corrected chi connectivity index (χ1v) is 9.70. The molecule has 1 aromatic carbocycles. The van der Waals surface area contributed by atoms with Gasteiger partial charge in [0.2, 0.25) is 0 Å². The van der Waals surface area contributed by atoms with E-state index < -0.39 is 8.07 Å². The third kappa shape index (κ3) is 2.82. The summed E-state index contributed by atoms with van der Waals surface area (Å²) >= 11 is 0. The summed E-state index contributed by atoms with van der Waals surface area (Å²) in [5, 5.41) is 0.964.